The summed E-state index contributed by atoms with van der Waals surface area (Å²) >= 11 is 0. The minimum atomic E-state index is -1.07. The summed E-state index contributed by atoms with van der Waals surface area (Å²) in [6, 6.07) is 9.08. The van der Waals surface area contributed by atoms with E-state index in [0.717, 1.165) is 84.9 Å². The van der Waals surface area contributed by atoms with Crippen molar-refractivity contribution in [3.63, 3.8) is 0 Å². The summed E-state index contributed by atoms with van der Waals surface area (Å²) in [5, 5.41) is 56.1. The summed E-state index contributed by atoms with van der Waals surface area (Å²) in [4.78, 5) is 0. The highest BCUT2D eigenvalue weighted by Crippen LogP contribution is 2.61. The van der Waals surface area contributed by atoms with Crippen molar-refractivity contribution in [2.24, 2.45) is 5.92 Å². The number of hydrogen-bond donors (Lipinski definition) is 5. The number of phenolic OH excluding ortho intramolecular Hbond substituents is 2. The fraction of sp³-hybridized carbons (Fsp3) is 0.535. The monoisotopic (exact) mass is 774 g/mol. The fourth-order valence-corrected chi connectivity index (χ4v) is 12.3. The van der Waals surface area contributed by atoms with Gasteiger partial charge in [0, 0.05) is 52.3 Å². The van der Waals surface area contributed by atoms with Gasteiger partial charge in [0.2, 0.25) is 5.75 Å². The van der Waals surface area contributed by atoms with E-state index in [1.807, 2.05) is 24.3 Å². The lowest BCUT2D eigenvalue weighted by molar-refractivity contribution is 0.000468. The van der Waals surface area contributed by atoms with Crippen LogP contribution in [0.2, 0.25) is 0 Å². The fourth-order valence-electron chi connectivity index (χ4n) is 9.45. The number of aliphatic hydroxyl groups is 3. The van der Waals surface area contributed by atoms with E-state index < -0.39 is 18.1 Å². The zero-order valence-electron chi connectivity index (χ0n) is 30.9. The van der Waals surface area contributed by atoms with E-state index in [9.17, 15) is 25.5 Å². The van der Waals surface area contributed by atoms with Crippen molar-refractivity contribution < 1.29 is 44.5 Å². The Morgan fingerprint density at radius 3 is 2.56 bits per heavy atom. The molecule has 0 saturated heterocycles. The molecule has 2 heterocycles. The van der Waals surface area contributed by atoms with Crippen LogP contribution in [0.3, 0.4) is 0 Å². The van der Waals surface area contributed by atoms with Crippen molar-refractivity contribution in [1.29, 1.82) is 0 Å². The molecule has 1 saturated carbocycles. The molecule has 2 aliphatic heterocycles. The molecule has 0 radical (unpaired) electrons. The predicted molar refractivity (Wildman–Crippen MR) is 211 cm³/mol. The van der Waals surface area contributed by atoms with Crippen molar-refractivity contribution in [3.8, 4) is 57.5 Å². The number of rotatable bonds is 7. The third-order valence-electron chi connectivity index (χ3n) is 12.1. The molecule has 3 aromatic carbocycles. The molecule has 9 nitrogen and oxygen atoms in total. The van der Waals surface area contributed by atoms with Gasteiger partial charge in [-0.3, -0.25) is 0 Å². The molecule has 11 heteroatoms. The third-order valence-corrected chi connectivity index (χ3v) is 14.8. The Labute approximate surface area is 325 Å². The van der Waals surface area contributed by atoms with E-state index in [1.165, 1.54) is 7.11 Å². The first-order valence-electron chi connectivity index (χ1n) is 19.4. The molecular formula is C43H50O9S2. The first-order chi connectivity index (χ1) is 26.3. The van der Waals surface area contributed by atoms with Gasteiger partial charge in [0.25, 0.3) is 0 Å². The number of ether oxygens (including phenoxy) is 4. The summed E-state index contributed by atoms with van der Waals surface area (Å²) < 4.78 is 25.7. The van der Waals surface area contributed by atoms with Crippen molar-refractivity contribution in [2.45, 2.75) is 106 Å². The van der Waals surface area contributed by atoms with E-state index >= 15 is 0 Å². The molecule has 4 bridgehead atoms. The largest absolute Gasteiger partial charge is 0.508 e. The number of benzene rings is 3. The Balaban J connectivity index is 1.38. The van der Waals surface area contributed by atoms with Gasteiger partial charge in [-0.1, -0.05) is 59.3 Å². The molecule has 54 heavy (non-hydrogen) atoms. The van der Waals surface area contributed by atoms with Gasteiger partial charge in [-0.25, -0.2) is 0 Å². The van der Waals surface area contributed by atoms with Gasteiger partial charge >= 0.3 is 0 Å². The smallest absolute Gasteiger partial charge is 0.201 e. The van der Waals surface area contributed by atoms with Crippen molar-refractivity contribution in [2.75, 3.05) is 32.7 Å². The minimum absolute atomic E-state index is 0.0386. The molecule has 5 N–H and O–H groups in total. The van der Waals surface area contributed by atoms with Crippen LogP contribution < -0.4 is 18.9 Å². The molecule has 8 rings (SSSR count). The average Bonchev–Trinajstić information content (AvgIpc) is 3.20. The van der Waals surface area contributed by atoms with Crippen LogP contribution in [-0.4, -0.2) is 75.7 Å². The van der Waals surface area contributed by atoms with E-state index in [-0.39, 0.29) is 66.7 Å². The van der Waals surface area contributed by atoms with Gasteiger partial charge < -0.3 is 44.5 Å². The zero-order valence-corrected chi connectivity index (χ0v) is 32.5. The average molecular weight is 775 g/mol. The number of phenols is 2. The lowest BCUT2D eigenvalue weighted by Gasteiger charge is -2.44. The number of fused-ring (bicyclic) bond motifs is 7. The molecule has 288 valence electrons. The maximum atomic E-state index is 12.8. The second-order valence-electron chi connectivity index (χ2n) is 15.4. The van der Waals surface area contributed by atoms with E-state index in [2.05, 4.69) is 18.8 Å². The van der Waals surface area contributed by atoms with Gasteiger partial charge in [0.15, 0.2) is 17.6 Å². The number of methoxy groups -OCH3 is 1. The Morgan fingerprint density at radius 1 is 0.944 bits per heavy atom. The van der Waals surface area contributed by atoms with Crippen LogP contribution in [0.5, 0.6) is 34.5 Å². The lowest BCUT2D eigenvalue weighted by Crippen LogP contribution is -2.40. The van der Waals surface area contributed by atoms with E-state index in [1.54, 1.807) is 27.7 Å². The molecule has 3 aromatic rings. The van der Waals surface area contributed by atoms with Crippen LogP contribution in [0.15, 0.2) is 30.3 Å². The van der Waals surface area contributed by atoms with Gasteiger partial charge in [-0.15, -0.1) is 0 Å². The third kappa shape index (κ3) is 6.76. The first kappa shape index (κ1) is 37.5. The second kappa shape index (κ2) is 16.0. The summed E-state index contributed by atoms with van der Waals surface area (Å²) in [5.41, 5.74) is 5.59. The Hall–Kier alpha value is -3.40. The summed E-state index contributed by atoms with van der Waals surface area (Å²) in [5.74, 6) is 8.97. The number of aromatic hydroxyl groups is 2. The highest BCUT2D eigenvalue weighted by atomic mass is 33.1. The molecular weight excluding hydrogens is 725 g/mol. The van der Waals surface area contributed by atoms with Crippen LogP contribution >= 0.6 is 21.6 Å². The Kier molecular flexibility index (Phi) is 11.1. The van der Waals surface area contributed by atoms with Crippen LogP contribution in [0.25, 0.3) is 11.1 Å². The quantitative estimate of drug-likeness (QED) is 0.119. The van der Waals surface area contributed by atoms with Crippen LogP contribution in [0.1, 0.15) is 110 Å². The number of hydrogen-bond acceptors (Lipinski definition) is 11. The highest BCUT2D eigenvalue weighted by Gasteiger charge is 2.49. The molecule has 3 aliphatic carbocycles. The molecule has 0 unspecified atom stereocenters. The van der Waals surface area contributed by atoms with Gasteiger partial charge in [0.05, 0.1) is 31.7 Å². The first-order valence-corrected chi connectivity index (χ1v) is 21.8. The normalized spacial score (nSPS) is 27.5. The maximum Gasteiger partial charge on any atom is 0.201 e. The zero-order chi connectivity index (χ0) is 37.5. The maximum absolute atomic E-state index is 12.8. The SMILES string of the molecule is COc1c(O)c(OC2CCCCC2)cc2c1CC#C[C@@H]1SSCC[C@H](C)CC[C@H]3c4cc(O)ccc4-c4c(OCCO)cc5c(c4[C@H]3CO)[C@@H]1[C@@H](O)[C@H]2O5. The number of aliphatic hydroxyl groups excluding tert-OH is 3. The van der Waals surface area contributed by atoms with Gasteiger partial charge in [0.1, 0.15) is 30.0 Å². The Bertz CT molecular complexity index is 1930. The van der Waals surface area contributed by atoms with Crippen LogP contribution in [0, 0.1) is 17.8 Å². The van der Waals surface area contributed by atoms with Crippen LogP contribution in [0.4, 0.5) is 0 Å². The van der Waals surface area contributed by atoms with Crippen LogP contribution in [-0.2, 0) is 6.42 Å². The predicted octanol–water partition coefficient (Wildman–Crippen LogP) is 7.74. The minimum Gasteiger partial charge on any atom is -0.508 e. The molecule has 0 amide bonds. The lowest BCUT2D eigenvalue weighted by atomic mass is 9.65. The molecule has 0 spiro atoms. The summed E-state index contributed by atoms with van der Waals surface area (Å²) in [7, 11) is 4.97. The van der Waals surface area contributed by atoms with Gasteiger partial charge in [-0.05, 0) is 85.3 Å². The van der Waals surface area contributed by atoms with Crippen molar-refractivity contribution in [1.82, 2.24) is 0 Å². The molecule has 5 aliphatic rings. The molecule has 0 aromatic heterocycles. The summed E-state index contributed by atoms with van der Waals surface area (Å²) in [6.07, 6.45) is 6.12. The van der Waals surface area contributed by atoms with Gasteiger partial charge in [-0.2, -0.15) is 0 Å². The van der Waals surface area contributed by atoms with E-state index in [0.29, 0.717) is 34.3 Å². The highest BCUT2D eigenvalue weighted by molar-refractivity contribution is 8.77. The van der Waals surface area contributed by atoms with Crippen molar-refractivity contribution in [3.05, 3.63) is 58.1 Å². The Morgan fingerprint density at radius 2 is 1.78 bits per heavy atom. The molecule has 7 atom stereocenters. The summed E-state index contributed by atoms with van der Waals surface area (Å²) in [6.45, 7) is 1.95. The topological polar surface area (TPSA) is 138 Å². The molecule has 1 fully saturated rings. The van der Waals surface area contributed by atoms with Crippen molar-refractivity contribution >= 4 is 21.6 Å². The van der Waals surface area contributed by atoms with E-state index in [4.69, 9.17) is 18.9 Å². The second-order valence-corrected chi connectivity index (χ2v) is 18.0. The standard InChI is InChI=1S/C43H50O9S2/c1-23-11-13-26-29-19-24(46)12-14-27(29)36-32(50-17-16-44)21-33-38(37(36)31(26)22-45)39-35(54-53-18-15-23)10-6-9-28-30(43(52-33)41(39)48)20-34(40(47)42(28)49-2)51-25-7-4-3-5-8-25/h12,14,19-21,23,25-26,31,35,39,41,43-48H,3-5,7-9,11,13,15-18,22H2,1-2H3/t23-,26+,31+,35+,39-,41-,43+/m1/s1.